The van der Waals surface area contributed by atoms with Crippen molar-refractivity contribution in [3.05, 3.63) is 70.8 Å². The number of aromatic nitrogens is 1. The van der Waals surface area contributed by atoms with Gasteiger partial charge in [0.2, 0.25) is 5.91 Å². The molecule has 0 fully saturated rings. The lowest BCUT2D eigenvalue weighted by Crippen LogP contribution is -2.30. The molecule has 1 aromatic heterocycles. The number of hydrogen-bond donors (Lipinski definition) is 3. The van der Waals surface area contributed by atoms with Gasteiger partial charge in [0.15, 0.2) is 17.7 Å². The minimum absolute atomic E-state index is 0.0139. The second-order valence-corrected chi connectivity index (χ2v) is 8.74. The number of rotatable bonds is 13. The number of benzene rings is 2. The molecule has 0 unspecified atom stereocenters. The van der Waals surface area contributed by atoms with Crippen molar-refractivity contribution in [2.45, 2.75) is 39.3 Å². The first-order chi connectivity index (χ1) is 18.7. The first-order valence-corrected chi connectivity index (χ1v) is 12.3. The maximum absolute atomic E-state index is 15.5. The van der Waals surface area contributed by atoms with Gasteiger partial charge in [-0.15, -0.1) is 0 Å². The number of nitrogens with two attached hydrogens (primary N) is 1. The number of nitrogens with one attached hydrogen (secondary N) is 1. The number of carboxylic acids is 1. The molecule has 9 nitrogen and oxygen atoms in total. The number of carbonyl (C=O) groups is 2. The molecular formula is C28H31F2N3O6. The molecule has 4 N–H and O–H groups in total. The van der Waals surface area contributed by atoms with E-state index in [0.717, 1.165) is 22.3 Å². The van der Waals surface area contributed by atoms with E-state index in [1.807, 2.05) is 37.3 Å². The quantitative estimate of drug-likeness (QED) is 0.274. The molecule has 208 valence electrons. The highest BCUT2D eigenvalue weighted by atomic mass is 19.1. The third kappa shape index (κ3) is 7.71. The number of nitrogens with zero attached hydrogens (tertiary/aromatic N) is 1. The third-order valence-corrected chi connectivity index (χ3v) is 5.74. The molecule has 1 atom stereocenters. The second-order valence-electron chi connectivity index (χ2n) is 8.74. The SMILES string of the molecule is CC[C@@H](Oc1nc(Oc2cc(C)cc(-c3cccc(CN)c3)c2)c(F)c(CC(=O)NCCOC)c1F)C(=O)O. The molecule has 0 aliphatic heterocycles. The van der Waals surface area contributed by atoms with Gasteiger partial charge in [-0.25, -0.2) is 13.6 Å². The molecule has 1 amide bonds. The fraction of sp³-hybridized carbons (Fsp3) is 0.321. The summed E-state index contributed by atoms with van der Waals surface area (Å²) in [6, 6.07) is 12.7. The summed E-state index contributed by atoms with van der Waals surface area (Å²) in [5, 5.41) is 11.8. The summed E-state index contributed by atoms with van der Waals surface area (Å²) in [4.78, 5) is 27.7. The van der Waals surface area contributed by atoms with Gasteiger partial charge in [-0.2, -0.15) is 4.98 Å². The minimum Gasteiger partial charge on any atom is -0.479 e. The number of carboxylic acid groups (broad SMARTS) is 1. The van der Waals surface area contributed by atoms with Gasteiger partial charge in [0.25, 0.3) is 11.8 Å². The summed E-state index contributed by atoms with van der Waals surface area (Å²) in [5.41, 5.74) is 8.40. The number of pyridine rings is 1. The molecule has 11 heteroatoms. The molecule has 0 spiro atoms. The van der Waals surface area contributed by atoms with Crippen LogP contribution in [0.3, 0.4) is 0 Å². The first-order valence-electron chi connectivity index (χ1n) is 12.3. The van der Waals surface area contributed by atoms with E-state index in [4.69, 9.17) is 19.9 Å². The third-order valence-electron chi connectivity index (χ3n) is 5.74. The minimum atomic E-state index is -1.45. The van der Waals surface area contributed by atoms with E-state index < -0.39 is 53.4 Å². The molecule has 3 aromatic rings. The van der Waals surface area contributed by atoms with E-state index in [0.29, 0.717) is 6.54 Å². The molecule has 0 saturated carbocycles. The second kappa shape index (κ2) is 13.6. The van der Waals surface area contributed by atoms with E-state index >= 15 is 8.78 Å². The molecule has 2 aromatic carbocycles. The van der Waals surface area contributed by atoms with Crippen LogP contribution in [0, 0.1) is 18.6 Å². The lowest BCUT2D eigenvalue weighted by atomic mass is 10.0. The Bertz CT molecular complexity index is 1330. The Kier molecular flexibility index (Phi) is 10.3. The number of aliphatic carboxylic acids is 1. The highest BCUT2D eigenvalue weighted by molar-refractivity contribution is 5.79. The lowest BCUT2D eigenvalue weighted by Gasteiger charge is -2.17. The summed E-state index contributed by atoms with van der Waals surface area (Å²) in [6.45, 7) is 4.03. The molecule has 0 aliphatic rings. The molecule has 0 saturated heterocycles. The van der Waals surface area contributed by atoms with Crippen molar-refractivity contribution in [3.8, 4) is 28.6 Å². The average molecular weight is 544 g/mol. The zero-order chi connectivity index (χ0) is 28.5. The van der Waals surface area contributed by atoms with Crippen LogP contribution in [0.25, 0.3) is 11.1 Å². The maximum Gasteiger partial charge on any atom is 0.344 e. The largest absolute Gasteiger partial charge is 0.479 e. The van der Waals surface area contributed by atoms with Crippen molar-refractivity contribution in [2.24, 2.45) is 5.73 Å². The predicted octanol–water partition coefficient (Wildman–Crippen LogP) is 4.13. The normalized spacial score (nSPS) is 11.6. The van der Waals surface area contributed by atoms with Gasteiger partial charge in [-0.05, 0) is 53.8 Å². The fourth-order valence-electron chi connectivity index (χ4n) is 3.77. The van der Waals surface area contributed by atoms with Crippen LogP contribution in [0.2, 0.25) is 0 Å². The van der Waals surface area contributed by atoms with Crippen LogP contribution >= 0.6 is 0 Å². The van der Waals surface area contributed by atoms with E-state index in [2.05, 4.69) is 10.3 Å². The van der Waals surface area contributed by atoms with Crippen molar-refractivity contribution in [1.29, 1.82) is 0 Å². The summed E-state index contributed by atoms with van der Waals surface area (Å²) >= 11 is 0. The van der Waals surface area contributed by atoms with Gasteiger partial charge in [-0.3, -0.25) is 4.79 Å². The Labute approximate surface area is 224 Å². The highest BCUT2D eigenvalue weighted by Crippen LogP contribution is 2.34. The lowest BCUT2D eigenvalue weighted by molar-refractivity contribution is -0.145. The molecule has 1 heterocycles. The van der Waals surface area contributed by atoms with Gasteiger partial charge in [0.05, 0.1) is 13.0 Å². The Morgan fingerprint density at radius 2 is 1.85 bits per heavy atom. The molecular weight excluding hydrogens is 512 g/mol. The zero-order valence-corrected chi connectivity index (χ0v) is 21.9. The maximum atomic E-state index is 15.5. The Morgan fingerprint density at radius 3 is 2.51 bits per heavy atom. The van der Waals surface area contributed by atoms with Crippen molar-refractivity contribution in [1.82, 2.24) is 10.3 Å². The summed E-state index contributed by atoms with van der Waals surface area (Å²) in [7, 11) is 1.44. The van der Waals surface area contributed by atoms with Crippen LogP contribution < -0.4 is 20.5 Å². The number of halogens is 2. The van der Waals surface area contributed by atoms with Crippen LogP contribution in [0.5, 0.6) is 17.5 Å². The Balaban J connectivity index is 2.03. The number of ether oxygens (including phenoxy) is 3. The predicted molar refractivity (Wildman–Crippen MR) is 140 cm³/mol. The summed E-state index contributed by atoms with van der Waals surface area (Å²) in [5.74, 6) is -5.80. The van der Waals surface area contributed by atoms with Gasteiger partial charge < -0.3 is 30.4 Å². The van der Waals surface area contributed by atoms with Crippen LogP contribution in [0.15, 0.2) is 42.5 Å². The number of methoxy groups -OCH3 is 1. The topological polar surface area (TPSA) is 133 Å². The smallest absolute Gasteiger partial charge is 0.344 e. The molecule has 39 heavy (non-hydrogen) atoms. The Morgan fingerprint density at radius 1 is 1.10 bits per heavy atom. The van der Waals surface area contributed by atoms with E-state index in [-0.39, 0.29) is 25.3 Å². The molecule has 3 rings (SSSR count). The van der Waals surface area contributed by atoms with Crippen molar-refractivity contribution in [2.75, 3.05) is 20.3 Å². The standard InChI is InChI=1S/C28H31F2N3O6/c1-4-22(28(35)36)39-27-25(30)21(14-23(34)32-8-9-37-3)24(29)26(33-27)38-20-11-16(2)10-19(13-20)18-7-5-6-17(12-18)15-31/h5-7,10-13,22H,4,8-9,14-15,31H2,1-3H3,(H,32,34)(H,35,36)/t22-/m1/s1. The summed E-state index contributed by atoms with van der Waals surface area (Å²) < 4.78 is 46.7. The highest BCUT2D eigenvalue weighted by Gasteiger charge is 2.28. The van der Waals surface area contributed by atoms with Crippen molar-refractivity contribution >= 4 is 11.9 Å². The first kappa shape index (κ1) is 29.5. The van der Waals surface area contributed by atoms with Crippen LogP contribution in [-0.4, -0.2) is 48.3 Å². The van der Waals surface area contributed by atoms with Gasteiger partial charge in [0, 0.05) is 25.8 Å². The Hall–Kier alpha value is -4.09. The van der Waals surface area contributed by atoms with Crippen molar-refractivity contribution < 1.29 is 37.7 Å². The number of carbonyl (C=O) groups excluding carboxylic acids is 1. The number of aryl methyl sites for hydroxylation is 1. The van der Waals surface area contributed by atoms with Gasteiger partial charge >= 0.3 is 5.97 Å². The summed E-state index contributed by atoms with van der Waals surface area (Å²) in [6.07, 6.45) is -2.17. The van der Waals surface area contributed by atoms with Crippen LogP contribution in [0.1, 0.15) is 30.0 Å². The van der Waals surface area contributed by atoms with E-state index in [1.165, 1.54) is 14.0 Å². The van der Waals surface area contributed by atoms with Gasteiger partial charge in [0.1, 0.15) is 5.75 Å². The van der Waals surface area contributed by atoms with Crippen LogP contribution in [0.4, 0.5) is 8.78 Å². The molecule has 0 aliphatic carbocycles. The fourth-order valence-corrected chi connectivity index (χ4v) is 3.77. The monoisotopic (exact) mass is 543 g/mol. The van der Waals surface area contributed by atoms with Crippen LogP contribution in [-0.2, 0) is 27.3 Å². The molecule has 0 radical (unpaired) electrons. The number of hydrogen-bond acceptors (Lipinski definition) is 7. The van der Waals surface area contributed by atoms with Gasteiger partial charge in [-0.1, -0.05) is 31.2 Å². The van der Waals surface area contributed by atoms with E-state index in [9.17, 15) is 14.7 Å². The zero-order valence-electron chi connectivity index (χ0n) is 21.9. The van der Waals surface area contributed by atoms with E-state index in [1.54, 1.807) is 12.1 Å². The molecule has 0 bridgehead atoms. The average Bonchev–Trinajstić information content (AvgIpc) is 2.91. The number of amides is 1. The van der Waals surface area contributed by atoms with Crippen molar-refractivity contribution in [3.63, 3.8) is 0 Å².